The molecule has 3 rings (SSSR count). The predicted octanol–water partition coefficient (Wildman–Crippen LogP) is 2.18. The predicted molar refractivity (Wildman–Crippen MR) is 94.3 cm³/mol. The highest BCUT2D eigenvalue weighted by Gasteiger charge is 2.24. The third kappa shape index (κ3) is 2.92. The Labute approximate surface area is 143 Å². The van der Waals surface area contributed by atoms with Gasteiger partial charge in [-0.1, -0.05) is 60.7 Å². The molecule has 6 heteroatoms. The number of aromatic nitrogens is 1. The number of carbonyl (C=O) groups is 1. The van der Waals surface area contributed by atoms with Gasteiger partial charge >= 0.3 is 0 Å². The number of hydrogen-bond acceptors (Lipinski definition) is 4. The smallest absolute Gasteiger partial charge is 0.267 e. The summed E-state index contributed by atoms with van der Waals surface area (Å²) in [5, 5.41) is 9.39. The van der Waals surface area contributed by atoms with Crippen molar-refractivity contribution in [3.05, 3.63) is 82.1 Å². The van der Waals surface area contributed by atoms with Gasteiger partial charge in [-0.25, -0.2) is 5.84 Å². The van der Waals surface area contributed by atoms with E-state index in [0.717, 1.165) is 0 Å². The molecule has 6 nitrogen and oxygen atoms in total. The first-order valence-corrected chi connectivity index (χ1v) is 7.49. The van der Waals surface area contributed by atoms with Gasteiger partial charge in [-0.2, -0.15) is 5.26 Å². The maximum Gasteiger partial charge on any atom is 0.267 e. The van der Waals surface area contributed by atoms with E-state index in [0.29, 0.717) is 22.4 Å². The Hall–Kier alpha value is -3.69. The summed E-state index contributed by atoms with van der Waals surface area (Å²) in [5.41, 5.74) is 3.38. The van der Waals surface area contributed by atoms with E-state index in [1.54, 1.807) is 12.1 Å². The van der Waals surface area contributed by atoms with Crippen LogP contribution in [0.5, 0.6) is 0 Å². The molecule has 0 aliphatic carbocycles. The summed E-state index contributed by atoms with van der Waals surface area (Å²) in [4.78, 5) is 27.5. The van der Waals surface area contributed by atoms with E-state index in [1.807, 2.05) is 60.0 Å². The Morgan fingerprint density at radius 3 is 2.08 bits per heavy atom. The highest BCUT2D eigenvalue weighted by atomic mass is 16.2. The Morgan fingerprint density at radius 2 is 1.56 bits per heavy atom. The largest absolute Gasteiger partial charge is 0.320 e. The molecule has 0 aliphatic heterocycles. The summed E-state index contributed by atoms with van der Waals surface area (Å²) in [6.07, 6.45) is 0. The molecule has 0 aliphatic rings. The van der Waals surface area contributed by atoms with Crippen molar-refractivity contribution in [3.8, 4) is 28.5 Å². The number of amides is 1. The van der Waals surface area contributed by atoms with Crippen molar-refractivity contribution in [2.45, 2.75) is 0 Å². The molecule has 0 saturated heterocycles. The molecule has 1 heterocycles. The standard InChI is InChI=1S/C19H14N4O2/c20-11-14-16(19(25)23-21)15(12-7-3-1-4-8-12)17(22-18(14)24)13-9-5-2-6-10-13/h1-10H,21H2,(H,22,24)(H,23,25). The van der Waals surface area contributed by atoms with Gasteiger partial charge < -0.3 is 4.98 Å². The number of nitrogens with two attached hydrogens (primary N) is 1. The van der Waals surface area contributed by atoms with Crippen LogP contribution in [0.4, 0.5) is 0 Å². The number of nitrogens with zero attached hydrogens (tertiary/aromatic N) is 1. The van der Waals surface area contributed by atoms with Gasteiger partial charge in [-0.05, 0) is 11.1 Å². The van der Waals surface area contributed by atoms with Crippen molar-refractivity contribution in [1.82, 2.24) is 10.4 Å². The van der Waals surface area contributed by atoms with Gasteiger partial charge in [0, 0.05) is 5.56 Å². The van der Waals surface area contributed by atoms with Crippen LogP contribution in [-0.2, 0) is 0 Å². The molecule has 25 heavy (non-hydrogen) atoms. The monoisotopic (exact) mass is 330 g/mol. The number of nitriles is 1. The molecule has 0 radical (unpaired) electrons. The molecule has 0 unspecified atom stereocenters. The summed E-state index contributed by atoms with van der Waals surface area (Å²) in [6.45, 7) is 0. The summed E-state index contributed by atoms with van der Waals surface area (Å²) < 4.78 is 0. The van der Waals surface area contributed by atoms with E-state index in [-0.39, 0.29) is 11.1 Å². The van der Waals surface area contributed by atoms with Crippen molar-refractivity contribution in [2.75, 3.05) is 0 Å². The van der Waals surface area contributed by atoms with E-state index < -0.39 is 11.5 Å². The van der Waals surface area contributed by atoms with Gasteiger partial charge in [0.2, 0.25) is 0 Å². The fourth-order valence-electron chi connectivity index (χ4n) is 2.72. The number of hydrazine groups is 1. The fraction of sp³-hybridized carbons (Fsp3) is 0. The molecular formula is C19H14N4O2. The summed E-state index contributed by atoms with van der Waals surface area (Å²) in [5.74, 6) is 4.60. The minimum Gasteiger partial charge on any atom is -0.320 e. The average molecular weight is 330 g/mol. The summed E-state index contributed by atoms with van der Waals surface area (Å²) in [6, 6.07) is 20.0. The van der Waals surface area contributed by atoms with Crippen LogP contribution >= 0.6 is 0 Å². The van der Waals surface area contributed by atoms with Gasteiger partial charge in [0.1, 0.15) is 11.6 Å². The van der Waals surface area contributed by atoms with E-state index in [1.165, 1.54) is 0 Å². The molecule has 0 atom stereocenters. The lowest BCUT2D eigenvalue weighted by Gasteiger charge is -2.15. The lowest BCUT2D eigenvalue weighted by atomic mass is 9.92. The van der Waals surface area contributed by atoms with Crippen LogP contribution in [0.3, 0.4) is 0 Å². The fourth-order valence-corrected chi connectivity index (χ4v) is 2.72. The Bertz CT molecular complexity index is 1020. The third-order valence-corrected chi connectivity index (χ3v) is 3.81. The number of H-pyrrole nitrogens is 1. The lowest BCUT2D eigenvalue weighted by molar-refractivity contribution is 0.0954. The Morgan fingerprint density at radius 1 is 1.00 bits per heavy atom. The molecule has 2 aromatic carbocycles. The number of aromatic amines is 1. The molecule has 122 valence electrons. The number of pyridine rings is 1. The van der Waals surface area contributed by atoms with Gasteiger partial charge in [0.05, 0.1) is 11.3 Å². The molecule has 0 fully saturated rings. The second-order valence-corrected chi connectivity index (χ2v) is 5.27. The van der Waals surface area contributed by atoms with E-state index in [9.17, 15) is 14.9 Å². The molecule has 0 bridgehead atoms. The highest BCUT2D eigenvalue weighted by Crippen LogP contribution is 2.33. The van der Waals surface area contributed by atoms with Gasteiger partial charge in [0.25, 0.3) is 11.5 Å². The van der Waals surface area contributed by atoms with Crippen LogP contribution in [0.1, 0.15) is 15.9 Å². The first-order valence-electron chi connectivity index (χ1n) is 7.49. The molecule has 3 aromatic rings. The number of carbonyl (C=O) groups excluding carboxylic acids is 1. The summed E-state index contributed by atoms with van der Waals surface area (Å²) >= 11 is 0. The van der Waals surface area contributed by atoms with Crippen molar-refractivity contribution < 1.29 is 4.79 Å². The lowest BCUT2D eigenvalue weighted by Crippen LogP contribution is -2.33. The van der Waals surface area contributed by atoms with Crippen LogP contribution in [0.25, 0.3) is 22.4 Å². The molecule has 0 saturated carbocycles. The normalized spacial score (nSPS) is 10.1. The zero-order valence-electron chi connectivity index (χ0n) is 13.1. The molecule has 0 spiro atoms. The maximum absolute atomic E-state index is 12.4. The van der Waals surface area contributed by atoms with Crippen LogP contribution in [0.15, 0.2) is 65.5 Å². The number of hydrogen-bond donors (Lipinski definition) is 3. The average Bonchev–Trinajstić information content (AvgIpc) is 2.67. The number of rotatable bonds is 3. The molecule has 1 aromatic heterocycles. The zero-order chi connectivity index (χ0) is 17.8. The number of nitrogens with one attached hydrogen (secondary N) is 2. The van der Waals surface area contributed by atoms with E-state index in [2.05, 4.69) is 4.98 Å². The van der Waals surface area contributed by atoms with Crippen molar-refractivity contribution in [2.24, 2.45) is 5.84 Å². The second-order valence-electron chi connectivity index (χ2n) is 5.27. The second kappa shape index (κ2) is 6.83. The summed E-state index contributed by atoms with van der Waals surface area (Å²) in [7, 11) is 0. The number of nitrogen functional groups attached to an aromatic ring is 1. The van der Waals surface area contributed by atoms with Crippen LogP contribution < -0.4 is 16.8 Å². The van der Waals surface area contributed by atoms with Crippen LogP contribution in [0.2, 0.25) is 0 Å². The number of benzene rings is 2. The van der Waals surface area contributed by atoms with Crippen molar-refractivity contribution in [3.63, 3.8) is 0 Å². The Balaban J connectivity index is 2.49. The Kier molecular flexibility index (Phi) is 4.42. The quantitative estimate of drug-likeness (QED) is 0.388. The van der Waals surface area contributed by atoms with Crippen LogP contribution in [0, 0.1) is 11.3 Å². The molecular weight excluding hydrogens is 316 g/mol. The van der Waals surface area contributed by atoms with E-state index in [4.69, 9.17) is 5.84 Å². The van der Waals surface area contributed by atoms with Gasteiger partial charge in [-0.15, -0.1) is 0 Å². The molecule has 1 amide bonds. The van der Waals surface area contributed by atoms with E-state index >= 15 is 0 Å². The van der Waals surface area contributed by atoms with Crippen LogP contribution in [-0.4, -0.2) is 10.9 Å². The topological polar surface area (TPSA) is 112 Å². The highest BCUT2D eigenvalue weighted by molar-refractivity contribution is 6.05. The zero-order valence-corrected chi connectivity index (χ0v) is 13.1. The molecule has 4 N–H and O–H groups in total. The minimum absolute atomic E-state index is 0.0428. The first kappa shape index (κ1) is 16.2. The maximum atomic E-state index is 12.4. The SMILES string of the molecule is N#Cc1c(C(=O)NN)c(-c2ccccc2)c(-c2ccccc2)[nH]c1=O. The van der Waals surface area contributed by atoms with Gasteiger partial charge in [-0.3, -0.25) is 15.0 Å². The van der Waals surface area contributed by atoms with Crippen molar-refractivity contribution in [1.29, 1.82) is 5.26 Å². The van der Waals surface area contributed by atoms with Gasteiger partial charge in [0.15, 0.2) is 0 Å². The third-order valence-electron chi connectivity index (χ3n) is 3.81. The van der Waals surface area contributed by atoms with Crippen molar-refractivity contribution >= 4 is 5.91 Å². The minimum atomic E-state index is -0.696. The first-order chi connectivity index (χ1) is 12.2.